The van der Waals surface area contributed by atoms with Crippen LogP contribution in [0.2, 0.25) is 0 Å². The van der Waals surface area contributed by atoms with Crippen molar-refractivity contribution < 1.29 is 9.84 Å². The average molecular weight is 293 g/mol. The first-order valence-electron chi connectivity index (χ1n) is 7.59. The Morgan fingerprint density at radius 2 is 1.95 bits per heavy atom. The Morgan fingerprint density at radius 3 is 2.67 bits per heavy atom. The summed E-state index contributed by atoms with van der Waals surface area (Å²) in [6.45, 7) is 8.98. The number of aliphatic hydroxyl groups excluding tert-OH is 1. The normalized spacial score (nSPS) is 18.7. The minimum atomic E-state index is -0.510. The lowest BCUT2D eigenvalue weighted by molar-refractivity contribution is 0.0547. The van der Waals surface area contributed by atoms with Crippen molar-refractivity contribution in [3.8, 4) is 5.75 Å². The first kappa shape index (κ1) is 16.2. The molecule has 1 fully saturated rings. The first-order chi connectivity index (χ1) is 10.0. The highest BCUT2D eigenvalue weighted by Gasteiger charge is 2.14. The molecule has 5 nitrogen and oxygen atoms in total. The van der Waals surface area contributed by atoms with E-state index in [9.17, 15) is 5.11 Å². The van der Waals surface area contributed by atoms with Crippen molar-refractivity contribution in [2.24, 2.45) is 0 Å². The fraction of sp³-hybridized carbons (Fsp3) is 0.625. The number of aryl methyl sites for hydroxylation is 2. The van der Waals surface area contributed by atoms with E-state index in [0.717, 1.165) is 37.5 Å². The Balaban J connectivity index is 1.70. The van der Waals surface area contributed by atoms with E-state index in [0.29, 0.717) is 13.2 Å². The van der Waals surface area contributed by atoms with Crippen LogP contribution in [0.15, 0.2) is 18.2 Å². The van der Waals surface area contributed by atoms with Crippen molar-refractivity contribution in [2.45, 2.75) is 20.0 Å². The van der Waals surface area contributed by atoms with Crippen molar-refractivity contribution in [1.82, 2.24) is 15.3 Å². The molecule has 2 rings (SSSR count). The molecule has 1 heterocycles. The number of nitrogens with zero attached hydrogens (tertiary/aromatic N) is 2. The van der Waals surface area contributed by atoms with Gasteiger partial charge in [0.15, 0.2) is 0 Å². The number of hydrogen-bond donors (Lipinski definition) is 2. The van der Waals surface area contributed by atoms with Gasteiger partial charge in [-0.1, -0.05) is 12.1 Å². The zero-order valence-corrected chi connectivity index (χ0v) is 13.3. The van der Waals surface area contributed by atoms with Crippen LogP contribution in [0.3, 0.4) is 0 Å². The van der Waals surface area contributed by atoms with Crippen LogP contribution in [0.25, 0.3) is 0 Å². The van der Waals surface area contributed by atoms with Crippen LogP contribution in [0, 0.1) is 13.8 Å². The predicted octanol–water partition coefficient (Wildman–Crippen LogP) is 0.795. The van der Waals surface area contributed by atoms with Gasteiger partial charge in [-0.2, -0.15) is 0 Å². The van der Waals surface area contributed by atoms with Crippen LogP contribution in [-0.4, -0.2) is 67.5 Å². The molecular weight excluding hydrogens is 266 g/mol. The highest BCUT2D eigenvalue weighted by molar-refractivity contribution is 5.35. The molecule has 0 amide bonds. The summed E-state index contributed by atoms with van der Waals surface area (Å²) in [7, 11) is 2.13. The van der Waals surface area contributed by atoms with Crippen LogP contribution in [0.5, 0.6) is 5.75 Å². The Labute approximate surface area is 127 Å². The maximum absolute atomic E-state index is 10.0. The molecule has 1 aromatic carbocycles. The van der Waals surface area contributed by atoms with Crippen LogP contribution in [0.1, 0.15) is 11.1 Å². The molecule has 1 aliphatic rings. The third kappa shape index (κ3) is 5.28. The number of benzene rings is 1. The number of ether oxygens (including phenoxy) is 1. The second kappa shape index (κ2) is 7.75. The van der Waals surface area contributed by atoms with Crippen molar-refractivity contribution in [3.05, 3.63) is 29.3 Å². The number of aliphatic hydroxyl groups is 1. The zero-order chi connectivity index (χ0) is 15.2. The molecule has 1 saturated heterocycles. The second-order valence-electron chi connectivity index (χ2n) is 5.89. The van der Waals surface area contributed by atoms with Crippen molar-refractivity contribution in [1.29, 1.82) is 0 Å². The summed E-state index contributed by atoms with van der Waals surface area (Å²) in [5, 5.41) is 12.2. The standard InChI is InChI=1S/C16H27N3O2/c1-13-4-5-14(2)16(10-13)21-12-15(20)11-17-19-8-6-18(3)7-9-19/h4-5,10,15,17,20H,6-9,11-12H2,1-3H3. The third-order valence-corrected chi connectivity index (χ3v) is 3.83. The van der Waals surface area contributed by atoms with E-state index in [1.54, 1.807) is 0 Å². The summed E-state index contributed by atoms with van der Waals surface area (Å²) in [4.78, 5) is 2.30. The molecule has 0 saturated carbocycles. The smallest absolute Gasteiger partial charge is 0.122 e. The number of nitrogens with one attached hydrogen (secondary N) is 1. The molecule has 5 heteroatoms. The maximum atomic E-state index is 10.0. The molecule has 0 bridgehead atoms. The first-order valence-corrected chi connectivity index (χ1v) is 7.59. The molecule has 1 aliphatic heterocycles. The van der Waals surface area contributed by atoms with E-state index in [-0.39, 0.29) is 0 Å². The number of hydrazine groups is 1. The summed E-state index contributed by atoms with van der Waals surface area (Å²) in [5.74, 6) is 0.855. The number of hydrogen-bond acceptors (Lipinski definition) is 5. The zero-order valence-electron chi connectivity index (χ0n) is 13.3. The predicted molar refractivity (Wildman–Crippen MR) is 84.5 cm³/mol. The SMILES string of the molecule is Cc1ccc(C)c(OCC(O)CNN2CCN(C)CC2)c1. The maximum Gasteiger partial charge on any atom is 0.122 e. The molecule has 2 N–H and O–H groups in total. The minimum absolute atomic E-state index is 0.311. The topological polar surface area (TPSA) is 48.0 Å². The lowest BCUT2D eigenvalue weighted by Gasteiger charge is -2.33. The fourth-order valence-electron chi connectivity index (χ4n) is 2.31. The molecular formula is C16H27N3O2. The Bertz CT molecular complexity index is 445. The van der Waals surface area contributed by atoms with Crippen molar-refractivity contribution in [3.63, 3.8) is 0 Å². The van der Waals surface area contributed by atoms with E-state index in [1.807, 2.05) is 26.0 Å². The minimum Gasteiger partial charge on any atom is -0.491 e. The van der Waals surface area contributed by atoms with E-state index in [2.05, 4.69) is 28.4 Å². The van der Waals surface area contributed by atoms with E-state index in [4.69, 9.17) is 4.74 Å². The molecule has 0 spiro atoms. The van der Waals surface area contributed by atoms with Crippen molar-refractivity contribution in [2.75, 3.05) is 46.4 Å². The monoisotopic (exact) mass is 293 g/mol. The van der Waals surface area contributed by atoms with Gasteiger partial charge in [0.1, 0.15) is 18.5 Å². The van der Waals surface area contributed by atoms with Gasteiger partial charge in [0.25, 0.3) is 0 Å². The molecule has 1 unspecified atom stereocenters. The van der Waals surface area contributed by atoms with Gasteiger partial charge < -0.3 is 14.7 Å². The molecule has 21 heavy (non-hydrogen) atoms. The van der Waals surface area contributed by atoms with Crippen LogP contribution < -0.4 is 10.2 Å². The highest BCUT2D eigenvalue weighted by atomic mass is 16.5. The molecule has 1 atom stereocenters. The van der Waals surface area contributed by atoms with Gasteiger partial charge in [-0.25, -0.2) is 5.01 Å². The lowest BCUT2D eigenvalue weighted by atomic mass is 10.1. The molecule has 0 radical (unpaired) electrons. The van der Waals surface area contributed by atoms with Gasteiger partial charge in [0, 0.05) is 32.7 Å². The molecule has 118 valence electrons. The third-order valence-electron chi connectivity index (χ3n) is 3.83. The number of likely N-dealkylation sites (N-methyl/N-ethyl adjacent to an activating group) is 1. The highest BCUT2D eigenvalue weighted by Crippen LogP contribution is 2.19. The molecule has 0 aliphatic carbocycles. The summed E-state index contributed by atoms with van der Waals surface area (Å²) in [6, 6.07) is 6.11. The average Bonchev–Trinajstić information content (AvgIpc) is 2.47. The van der Waals surface area contributed by atoms with E-state index >= 15 is 0 Å². The van der Waals surface area contributed by atoms with Crippen LogP contribution in [-0.2, 0) is 0 Å². The Morgan fingerprint density at radius 1 is 1.24 bits per heavy atom. The Hall–Kier alpha value is -1.14. The van der Waals surface area contributed by atoms with Crippen molar-refractivity contribution >= 4 is 0 Å². The lowest BCUT2D eigenvalue weighted by Crippen LogP contribution is -2.52. The van der Waals surface area contributed by atoms with Gasteiger partial charge in [-0.05, 0) is 38.1 Å². The van der Waals surface area contributed by atoms with Gasteiger partial charge in [-0.3, -0.25) is 5.43 Å². The van der Waals surface area contributed by atoms with Crippen LogP contribution >= 0.6 is 0 Å². The largest absolute Gasteiger partial charge is 0.491 e. The van der Waals surface area contributed by atoms with E-state index in [1.165, 1.54) is 5.56 Å². The Kier molecular flexibility index (Phi) is 5.99. The second-order valence-corrected chi connectivity index (χ2v) is 5.89. The van der Waals surface area contributed by atoms with Crippen LogP contribution in [0.4, 0.5) is 0 Å². The quantitative estimate of drug-likeness (QED) is 0.812. The molecule has 1 aromatic rings. The number of rotatable bonds is 6. The molecule has 0 aromatic heterocycles. The van der Waals surface area contributed by atoms with Gasteiger partial charge in [0.2, 0.25) is 0 Å². The summed E-state index contributed by atoms with van der Waals surface area (Å²) >= 11 is 0. The number of piperazine rings is 1. The van der Waals surface area contributed by atoms with E-state index < -0.39 is 6.10 Å². The summed E-state index contributed by atoms with van der Waals surface area (Å²) in [5.41, 5.74) is 5.55. The van der Waals surface area contributed by atoms with Gasteiger partial charge in [0.05, 0.1) is 0 Å². The fourth-order valence-corrected chi connectivity index (χ4v) is 2.31. The van der Waals surface area contributed by atoms with Gasteiger partial charge >= 0.3 is 0 Å². The summed E-state index contributed by atoms with van der Waals surface area (Å²) in [6.07, 6.45) is -0.510. The van der Waals surface area contributed by atoms with Gasteiger partial charge in [-0.15, -0.1) is 0 Å². The summed E-state index contributed by atoms with van der Waals surface area (Å²) < 4.78 is 5.72.